The third-order valence-corrected chi connectivity index (χ3v) is 6.02. The van der Waals surface area contributed by atoms with Crippen LogP contribution < -0.4 is 4.74 Å². The van der Waals surface area contributed by atoms with Gasteiger partial charge in [0.1, 0.15) is 29.1 Å². The van der Waals surface area contributed by atoms with E-state index >= 15 is 0 Å². The summed E-state index contributed by atoms with van der Waals surface area (Å²) in [6.45, 7) is 1.77. The number of benzene rings is 2. The number of phenolic OH excluding ortho intramolecular Hbond substituents is 1. The Labute approximate surface area is 183 Å². The fourth-order valence-electron chi connectivity index (χ4n) is 3.85. The highest BCUT2D eigenvalue weighted by Gasteiger charge is 2.26. The molecule has 1 fully saturated rings. The minimum Gasteiger partial charge on any atom is -0.508 e. The van der Waals surface area contributed by atoms with Gasteiger partial charge >= 0.3 is 5.97 Å². The van der Waals surface area contributed by atoms with Crippen LogP contribution in [-0.2, 0) is 14.3 Å². The molecule has 1 atom stereocenters. The first-order valence-corrected chi connectivity index (χ1v) is 10.8. The first kappa shape index (κ1) is 21.0. The maximum Gasteiger partial charge on any atom is 0.306 e. The average Bonchev–Trinajstić information content (AvgIpc) is 3.42. The smallest absolute Gasteiger partial charge is 0.306 e. The molecule has 0 saturated carbocycles. The number of fused-ring (bicyclic) bond motifs is 1. The Morgan fingerprint density at radius 3 is 2.74 bits per heavy atom. The van der Waals surface area contributed by atoms with Crippen molar-refractivity contribution in [3.8, 4) is 11.5 Å². The van der Waals surface area contributed by atoms with Crippen LogP contribution in [-0.4, -0.2) is 57.4 Å². The number of carbonyl (C=O) groups excluding carboxylic acids is 2. The molecule has 9 heteroatoms. The Morgan fingerprint density at radius 2 is 2.03 bits per heavy atom. The third-order valence-electron chi connectivity index (χ3n) is 5.47. The van der Waals surface area contributed by atoms with Gasteiger partial charge in [0.05, 0.1) is 31.8 Å². The molecule has 1 aliphatic heterocycles. The maximum atomic E-state index is 12.1. The number of amides is 1. The molecule has 2 heterocycles. The number of ether oxygens (including phenoxy) is 2. The second kappa shape index (κ2) is 9.30. The van der Waals surface area contributed by atoms with E-state index in [1.807, 2.05) is 29.2 Å². The molecular weight excluding hydrogens is 418 g/mol. The average molecular weight is 442 g/mol. The summed E-state index contributed by atoms with van der Waals surface area (Å²) in [5.41, 5.74) is 2.62. The maximum absolute atomic E-state index is 12.1. The number of hydrogen-bond donors (Lipinski definition) is 1. The summed E-state index contributed by atoms with van der Waals surface area (Å²) >= 11 is 1.06. The normalized spacial score (nSPS) is 14.7. The Morgan fingerprint density at radius 1 is 1.23 bits per heavy atom. The summed E-state index contributed by atoms with van der Waals surface area (Å²) in [5.74, 6) is 0.0707. The standard InChI is InChI=1S/C22H23N3O5S/c1-29-20(28)13-16(21-18(26)9-8-17-22(21)24-31-23-17)14-4-6-15(7-5-14)30-12-11-25-10-2-3-19(25)27/h4-9,16,26H,2-3,10-13H2,1H3/t16-/m1/s1. The van der Waals surface area contributed by atoms with Gasteiger partial charge in [-0.1, -0.05) is 12.1 Å². The number of aromatic nitrogens is 2. The third kappa shape index (κ3) is 4.61. The monoisotopic (exact) mass is 441 g/mol. The van der Waals surface area contributed by atoms with Gasteiger partial charge in [-0.2, -0.15) is 8.75 Å². The summed E-state index contributed by atoms with van der Waals surface area (Å²) in [6.07, 6.45) is 1.57. The number of nitrogens with zero attached hydrogens (tertiary/aromatic N) is 3. The molecule has 1 amide bonds. The largest absolute Gasteiger partial charge is 0.508 e. The summed E-state index contributed by atoms with van der Waals surface area (Å²) in [4.78, 5) is 25.6. The topological polar surface area (TPSA) is 102 Å². The number of rotatable bonds is 8. The number of carbonyl (C=O) groups is 2. The number of hydrogen-bond acceptors (Lipinski definition) is 8. The molecule has 0 aliphatic carbocycles. The fraction of sp³-hybridized carbons (Fsp3) is 0.364. The van der Waals surface area contributed by atoms with E-state index < -0.39 is 5.92 Å². The zero-order chi connectivity index (χ0) is 21.8. The van der Waals surface area contributed by atoms with Crippen LogP contribution >= 0.6 is 11.7 Å². The van der Waals surface area contributed by atoms with Crippen LogP contribution in [0.5, 0.6) is 11.5 Å². The zero-order valence-electron chi connectivity index (χ0n) is 17.1. The van der Waals surface area contributed by atoms with Crippen LogP contribution in [0.25, 0.3) is 11.0 Å². The van der Waals surface area contributed by atoms with Crippen molar-refractivity contribution in [2.75, 3.05) is 26.8 Å². The van der Waals surface area contributed by atoms with Crippen LogP contribution in [0.1, 0.15) is 36.3 Å². The van der Waals surface area contributed by atoms with Gasteiger partial charge in [-0.05, 0) is 36.2 Å². The van der Waals surface area contributed by atoms with E-state index in [2.05, 4.69) is 8.75 Å². The highest BCUT2D eigenvalue weighted by Crippen LogP contribution is 2.39. The minimum absolute atomic E-state index is 0.0535. The number of phenols is 1. The molecule has 0 radical (unpaired) electrons. The van der Waals surface area contributed by atoms with Crippen molar-refractivity contribution in [3.05, 3.63) is 47.5 Å². The lowest BCUT2D eigenvalue weighted by atomic mass is 9.87. The van der Waals surface area contributed by atoms with E-state index in [0.717, 1.165) is 30.3 Å². The van der Waals surface area contributed by atoms with Gasteiger partial charge in [-0.15, -0.1) is 0 Å². The van der Waals surface area contributed by atoms with Crippen molar-refractivity contribution < 1.29 is 24.2 Å². The second-order valence-corrected chi connectivity index (χ2v) is 7.89. The summed E-state index contributed by atoms with van der Waals surface area (Å²) in [6, 6.07) is 10.6. The van der Waals surface area contributed by atoms with Gasteiger partial charge in [-0.3, -0.25) is 9.59 Å². The van der Waals surface area contributed by atoms with Crippen LogP contribution in [0.15, 0.2) is 36.4 Å². The van der Waals surface area contributed by atoms with E-state index in [1.165, 1.54) is 7.11 Å². The molecule has 1 N–H and O–H groups in total. The Kier molecular flexibility index (Phi) is 6.31. The lowest BCUT2D eigenvalue weighted by Crippen LogP contribution is -2.29. The van der Waals surface area contributed by atoms with Crippen LogP contribution in [0.3, 0.4) is 0 Å². The molecule has 162 valence electrons. The molecule has 0 spiro atoms. The molecular formula is C22H23N3O5S. The molecule has 0 bridgehead atoms. The number of likely N-dealkylation sites (tertiary alicyclic amines) is 1. The molecule has 3 aromatic rings. The van der Waals surface area contributed by atoms with E-state index in [4.69, 9.17) is 9.47 Å². The van der Waals surface area contributed by atoms with E-state index in [1.54, 1.807) is 12.1 Å². The predicted octanol–water partition coefficient (Wildman–Crippen LogP) is 3.09. The molecule has 4 rings (SSSR count). The molecule has 2 aromatic carbocycles. The van der Waals surface area contributed by atoms with E-state index in [0.29, 0.717) is 41.9 Å². The summed E-state index contributed by atoms with van der Waals surface area (Å²) < 4.78 is 19.2. The number of esters is 1. The highest BCUT2D eigenvalue weighted by molar-refractivity contribution is 7.00. The summed E-state index contributed by atoms with van der Waals surface area (Å²) in [5, 5.41) is 10.6. The van der Waals surface area contributed by atoms with Crippen molar-refractivity contribution >= 4 is 34.6 Å². The molecule has 31 heavy (non-hydrogen) atoms. The highest BCUT2D eigenvalue weighted by atomic mass is 32.1. The molecule has 0 unspecified atom stereocenters. The quantitative estimate of drug-likeness (QED) is 0.536. The molecule has 1 saturated heterocycles. The second-order valence-electron chi connectivity index (χ2n) is 7.36. The number of methoxy groups -OCH3 is 1. The van der Waals surface area contributed by atoms with Gasteiger partial charge < -0.3 is 19.5 Å². The van der Waals surface area contributed by atoms with Crippen LogP contribution in [0, 0.1) is 0 Å². The first-order valence-electron chi connectivity index (χ1n) is 10.1. The fourth-order valence-corrected chi connectivity index (χ4v) is 4.40. The Balaban J connectivity index is 1.54. The van der Waals surface area contributed by atoms with Crippen molar-refractivity contribution in [1.82, 2.24) is 13.6 Å². The van der Waals surface area contributed by atoms with Crippen molar-refractivity contribution in [2.24, 2.45) is 0 Å². The minimum atomic E-state index is -0.448. The Bertz CT molecular complexity index is 1080. The van der Waals surface area contributed by atoms with Gasteiger partial charge in [0, 0.05) is 24.4 Å². The van der Waals surface area contributed by atoms with Crippen molar-refractivity contribution in [2.45, 2.75) is 25.2 Å². The van der Waals surface area contributed by atoms with Crippen LogP contribution in [0.4, 0.5) is 0 Å². The first-order chi connectivity index (χ1) is 15.1. The van der Waals surface area contributed by atoms with E-state index in [-0.39, 0.29) is 24.0 Å². The van der Waals surface area contributed by atoms with Crippen LogP contribution in [0.2, 0.25) is 0 Å². The van der Waals surface area contributed by atoms with E-state index in [9.17, 15) is 14.7 Å². The van der Waals surface area contributed by atoms with Crippen molar-refractivity contribution in [1.29, 1.82) is 0 Å². The van der Waals surface area contributed by atoms with Gasteiger partial charge in [0.15, 0.2) is 0 Å². The predicted molar refractivity (Wildman–Crippen MR) is 115 cm³/mol. The molecule has 8 nitrogen and oxygen atoms in total. The Hall–Kier alpha value is -3.20. The van der Waals surface area contributed by atoms with Gasteiger partial charge in [-0.25, -0.2) is 0 Å². The lowest BCUT2D eigenvalue weighted by Gasteiger charge is -2.19. The molecule has 1 aromatic heterocycles. The van der Waals surface area contributed by atoms with Gasteiger partial charge in [0.25, 0.3) is 0 Å². The number of aromatic hydroxyl groups is 1. The molecule has 1 aliphatic rings. The zero-order valence-corrected chi connectivity index (χ0v) is 17.9. The van der Waals surface area contributed by atoms with Gasteiger partial charge in [0.2, 0.25) is 5.91 Å². The lowest BCUT2D eigenvalue weighted by molar-refractivity contribution is -0.140. The summed E-state index contributed by atoms with van der Waals surface area (Å²) in [7, 11) is 1.34. The SMILES string of the molecule is COC(=O)C[C@H](c1ccc(OCCN2CCCC2=O)cc1)c1c(O)ccc2nsnc12. The van der Waals surface area contributed by atoms with Crippen molar-refractivity contribution in [3.63, 3.8) is 0 Å².